The molecule has 12 heteroatoms. The molecule has 2 fully saturated rings. The first-order valence-corrected chi connectivity index (χ1v) is 14.3. The van der Waals surface area contributed by atoms with Crippen LogP contribution in [0.15, 0.2) is 48.8 Å². The molecule has 1 aliphatic carbocycles. The molecule has 1 spiro atoms. The molecule has 0 unspecified atom stereocenters. The van der Waals surface area contributed by atoms with Crippen LogP contribution in [0.1, 0.15) is 51.9 Å². The summed E-state index contributed by atoms with van der Waals surface area (Å²) in [6.07, 6.45) is 0.802. The van der Waals surface area contributed by atoms with Gasteiger partial charge in [-0.15, -0.1) is 10.2 Å². The molecule has 6 rings (SSSR count). The van der Waals surface area contributed by atoms with Crippen LogP contribution in [-0.4, -0.2) is 51.1 Å². The highest BCUT2D eigenvalue weighted by atomic mass is 19.4. The lowest BCUT2D eigenvalue weighted by atomic mass is 9.96. The number of carbonyl (C=O) groups is 1. The molecular weight excluding hydrogens is 569 g/mol. The number of nitrogens with two attached hydrogens (primary N) is 1. The predicted molar refractivity (Wildman–Crippen MR) is 159 cm³/mol. The standard InChI is InChI=1S/C32H31F3N8O/c1-41(16-26-23(17-44)9-21(11-27(26)32(33,34)35)15-43-8-7-31(18-43)5-6-31)29-13-22(12-28(37)39-29)25-10-20(14-36)3-4-24(25)30-40-38-19-42(30)2/h3-4,9-13,17,19H,5-8,15-16,18H2,1-2H3,(H2,37,39). The Balaban J connectivity index is 1.35. The second-order valence-electron chi connectivity index (χ2n) is 11.9. The molecule has 0 radical (unpaired) electrons. The van der Waals surface area contributed by atoms with E-state index in [9.17, 15) is 23.2 Å². The van der Waals surface area contributed by atoms with Crippen molar-refractivity contribution in [3.8, 4) is 28.6 Å². The molecule has 2 aromatic heterocycles. The quantitative estimate of drug-likeness (QED) is 0.266. The zero-order valence-electron chi connectivity index (χ0n) is 24.4. The first-order chi connectivity index (χ1) is 21.0. The van der Waals surface area contributed by atoms with Crippen LogP contribution in [0.4, 0.5) is 24.8 Å². The molecule has 3 heterocycles. The summed E-state index contributed by atoms with van der Waals surface area (Å²) in [5, 5.41) is 17.7. The lowest BCUT2D eigenvalue weighted by Crippen LogP contribution is -2.24. The predicted octanol–water partition coefficient (Wildman–Crippen LogP) is 5.45. The minimum absolute atomic E-state index is 0.00239. The summed E-state index contributed by atoms with van der Waals surface area (Å²) in [4.78, 5) is 20.3. The van der Waals surface area contributed by atoms with E-state index in [4.69, 9.17) is 5.73 Å². The highest BCUT2D eigenvalue weighted by molar-refractivity contribution is 5.84. The Morgan fingerprint density at radius 2 is 1.93 bits per heavy atom. The SMILES string of the molecule is CN(Cc1c(C=O)cc(CN2CCC3(CC3)C2)cc1C(F)(F)F)c1cc(-c2cc(C#N)ccc2-c2nncn2C)cc(N)n1. The van der Waals surface area contributed by atoms with Crippen LogP contribution < -0.4 is 10.6 Å². The van der Waals surface area contributed by atoms with Crippen LogP contribution in [0.5, 0.6) is 0 Å². The molecule has 44 heavy (non-hydrogen) atoms. The van der Waals surface area contributed by atoms with Gasteiger partial charge in [0.15, 0.2) is 5.82 Å². The maximum absolute atomic E-state index is 14.5. The van der Waals surface area contributed by atoms with Gasteiger partial charge in [0.25, 0.3) is 0 Å². The van der Waals surface area contributed by atoms with Crippen molar-refractivity contribution < 1.29 is 18.0 Å². The Morgan fingerprint density at radius 1 is 1.14 bits per heavy atom. The summed E-state index contributed by atoms with van der Waals surface area (Å²) in [6, 6.07) is 13.3. The summed E-state index contributed by atoms with van der Waals surface area (Å²) in [5.41, 5.74) is 8.37. The van der Waals surface area contributed by atoms with Crippen molar-refractivity contribution in [3.63, 3.8) is 0 Å². The van der Waals surface area contributed by atoms with Gasteiger partial charge in [0, 0.05) is 44.9 Å². The monoisotopic (exact) mass is 600 g/mol. The van der Waals surface area contributed by atoms with E-state index in [1.807, 2.05) is 0 Å². The Kier molecular flexibility index (Phi) is 7.37. The number of rotatable bonds is 8. The van der Waals surface area contributed by atoms with Gasteiger partial charge in [-0.3, -0.25) is 9.69 Å². The number of aromatic nitrogens is 4. The van der Waals surface area contributed by atoms with Crippen molar-refractivity contribution >= 4 is 17.9 Å². The Morgan fingerprint density at radius 3 is 2.57 bits per heavy atom. The van der Waals surface area contributed by atoms with Crippen molar-refractivity contribution in [2.24, 2.45) is 12.5 Å². The highest BCUT2D eigenvalue weighted by Gasteiger charge is 2.47. The fourth-order valence-electron chi connectivity index (χ4n) is 6.17. The van der Waals surface area contributed by atoms with Gasteiger partial charge >= 0.3 is 6.18 Å². The number of nitrogen functional groups attached to an aromatic ring is 1. The van der Waals surface area contributed by atoms with E-state index in [0.29, 0.717) is 57.7 Å². The first kappa shape index (κ1) is 29.3. The highest BCUT2D eigenvalue weighted by Crippen LogP contribution is 2.53. The number of aryl methyl sites for hydroxylation is 1. The summed E-state index contributed by atoms with van der Waals surface area (Å²) in [5.74, 6) is 0.991. The first-order valence-electron chi connectivity index (χ1n) is 14.3. The minimum Gasteiger partial charge on any atom is -0.384 e. The molecule has 226 valence electrons. The summed E-state index contributed by atoms with van der Waals surface area (Å²) < 4.78 is 45.1. The summed E-state index contributed by atoms with van der Waals surface area (Å²) in [7, 11) is 3.39. The van der Waals surface area contributed by atoms with Crippen molar-refractivity contribution in [1.82, 2.24) is 24.6 Å². The van der Waals surface area contributed by atoms with Crippen molar-refractivity contribution in [3.05, 3.63) is 76.6 Å². The van der Waals surface area contributed by atoms with Crippen LogP contribution in [-0.2, 0) is 26.3 Å². The van der Waals surface area contributed by atoms with E-state index in [1.54, 1.807) is 61.4 Å². The van der Waals surface area contributed by atoms with E-state index in [1.165, 1.54) is 23.8 Å². The molecule has 1 aliphatic heterocycles. The smallest absolute Gasteiger partial charge is 0.384 e. The Labute approximate surface area is 252 Å². The number of nitriles is 1. The number of likely N-dealkylation sites (tertiary alicyclic amines) is 1. The third-order valence-electron chi connectivity index (χ3n) is 8.69. The number of aldehydes is 1. The van der Waals surface area contributed by atoms with E-state index in [-0.39, 0.29) is 23.5 Å². The van der Waals surface area contributed by atoms with Crippen molar-refractivity contribution in [2.45, 2.75) is 38.5 Å². The van der Waals surface area contributed by atoms with Gasteiger partial charge in [0.2, 0.25) is 0 Å². The average Bonchev–Trinajstić information content (AvgIpc) is 3.43. The number of hydrogen-bond acceptors (Lipinski definition) is 8. The zero-order valence-corrected chi connectivity index (χ0v) is 24.4. The van der Waals surface area contributed by atoms with E-state index in [2.05, 4.69) is 26.2 Å². The molecule has 1 saturated carbocycles. The van der Waals surface area contributed by atoms with Crippen LogP contribution in [0.25, 0.3) is 22.5 Å². The molecular formula is C32H31F3N8O. The van der Waals surface area contributed by atoms with E-state index < -0.39 is 11.7 Å². The van der Waals surface area contributed by atoms with E-state index in [0.717, 1.165) is 19.5 Å². The van der Waals surface area contributed by atoms with Gasteiger partial charge in [0.05, 0.1) is 17.2 Å². The fraction of sp³-hybridized carbons (Fsp3) is 0.344. The summed E-state index contributed by atoms with van der Waals surface area (Å²) in [6.45, 7) is 1.87. The Bertz CT molecular complexity index is 1790. The number of anilines is 2. The largest absolute Gasteiger partial charge is 0.416 e. The molecule has 2 aromatic carbocycles. The second-order valence-corrected chi connectivity index (χ2v) is 11.9. The summed E-state index contributed by atoms with van der Waals surface area (Å²) >= 11 is 0. The van der Waals surface area contributed by atoms with Gasteiger partial charge < -0.3 is 15.2 Å². The molecule has 2 aliphatic rings. The van der Waals surface area contributed by atoms with E-state index >= 15 is 0 Å². The maximum Gasteiger partial charge on any atom is 0.416 e. The zero-order chi connectivity index (χ0) is 31.2. The van der Waals surface area contributed by atoms with Gasteiger partial charge in [-0.2, -0.15) is 18.4 Å². The molecule has 1 saturated heterocycles. The fourth-order valence-corrected chi connectivity index (χ4v) is 6.17. The van der Waals surface area contributed by atoms with Gasteiger partial charge in [-0.1, -0.05) is 0 Å². The number of halogens is 3. The molecule has 2 N–H and O–H groups in total. The van der Waals surface area contributed by atoms with Crippen LogP contribution in [0, 0.1) is 16.7 Å². The molecule has 0 bridgehead atoms. The normalized spacial score (nSPS) is 15.8. The average molecular weight is 601 g/mol. The number of benzene rings is 2. The van der Waals surface area contributed by atoms with Crippen LogP contribution in [0.2, 0.25) is 0 Å². The number of hydrogen-bond donors (Lipinski definition) is 1. The number of nitrogens with zero attached hydrogens (tertiary/aromatic N) is 7. The lowest BCUT2D eigenvalue weighted by molar-refractivity contribution is -0.138. The number of pyridine rings is 1. The molecule has 9 nitrogen and oxygen atoms in total. The van der Waals surface area contributed by atoms with Crippen LogP contribution in [0.3, 0.4) is 0 Å². The third-order valence-corrected chi connectivity index (χ3v) is 8.69. The van der Waals surface area contributed by atoms with Crippen LogP contribution >= 0.6 is 0 Å². The van der Waals surface area contributed by atoms with Crippen molar-refractivity contribution in [1.29, 1.82) is 5.26 Å². The molecule has 0 amide bonds. The van der Waals surface area contributed by atoms with Crippen molar-refractivity contribution in [2.75, 3.05) is 30.8 Å². The van der Waals surface area contributed by atoms with Gasteiger partial charge in [0.1, 0.15) is 24.2 Å². The third kappa shape index (κ3) is 5.75. The van der Waals surface area contributed by atoms with Gasteiger partial charge in [-0.25, -0.2) is 4.98 Å². The topological polar surface area (TPSA) is 117 Å². The second kappa shape index (κ2) is 11.1. The van der Waals surface area contributed by atoms with Gasteiger partial charge in [-0.05, 0) is 95.9 Å². The number of carbonyl (C=O) groups excluding carboxylic acids is 1. The molecule has 0 atom stereocenters. The minimum atomic E-state index is -4.66. The maximum atomic E-state index is 14.5. The molecule has 4 aromatic rings. The number of alkyl halides is 3. The Hall–Kier alpha value is -4.76. The lowest BCUT2D eigenvalue weighted by Gasteiger charge is -2.25.